The molecule has 2 aliphatic heterocycles. The van der Waals surface area contributed by atoms with Crippen molar-refractivity contribution in [1.82, 2.24) is 53.0 Å². The molecule has 0 radical (unpaired) electrons. The summed E-state index contributed by atoms with van der Waals surface area (Å²) in [4.78, 5) is 70.2. The zero-order valence-corrected chi connectivity index (χ0v) is 27.3. The Bertz CT molecular complexity index is 2770. The van der Waals surface area contributed by atoms with Crippen LogP contribution in [0.1, 0.15) is 0 Å². The number of halogens is 2. The smallest absolute Gasteiger partial charge is 0.164 e. The third-order valence-electron chi connectivity index (χ3n) is 8.37. The molecular formula is C35H22Cl2N11Na3O3. The zero-order valence-electron chi connectivity index (χ0n) is 25.8. The van der Waals surface area contributed by atoms with Gasteiger partial charge in [-0.1, -0.05) is 97.1 Å². The van der Waals surface area contributed by atoms with E-state index in [2.05, 4.69) is 9.97 Å². The minimum absolute atomic E-state index is 0. The number of fused-ring (bicyclic) bond motifs is 20. The molecule has 8 bridgehead atoms. The van der Waals surface area contributed by atoms with E-state index in [9.17, 15) is 14.4 Å². The summed E-state index contributed by atoms with van der Waals surface area (Å²) in [6.07, 6.45) is 0. The standard InChI is InChI=1S/C32H18N8.C3HCl2N3O3.3Na.3H/c1-2-10-18-17(9-1)25-33-26(18)38-28-21-13-5-6-14-22(21)30(35-28)40-32-24-16-8-7-15-23(24)31(36-32)39-29-20-12-4-3-11-19(20)27(34-29)37-25;4-7-1(9)6-2(10)8(5)3(7)11;;;;;;/h1-16H,(H2,33,34,35,36,37,38,39,40);(H,6,9,10);;;;;;. The van der Waals surface area contributed by atoms with E-state index >= 15 is 0 Å². The predicted octanol–water partition coefficient (Wildman–Crippen LogP) is 3.63. The van der Waals surface area contributed by atoms with Crippen LogP contribution in [0.25, 0.3) is 89.7 Å². The summed E-state index contributed by atoms with van der Waals surface area (Å²) in [6, 6.07) is 32.2. The maximum atomic E-state index is 10.7. The average Bonchev–Trinajstić information content (AvgIpc) is 3.89. The molecular weight excluding hydrogens is 762 g/mol. The summed E-state index contributed by atoms with van der Waals surface area (Å²) >= 11 is 10.1. The fourth-order valence-corrected chi connectivity index (χ4v) is 6.31. The first-order valence-corrected chi connectivity index (χ1v) is 16.0. The van der Waals surface area contributed by atoms with Crippen molar-refractivity contribution in [2.45, 2.75) is 0 Å². The van der Waals surface area contributed by atoms with Crippen LogP contribution in [-0.4, -0.2) is 142 Å². The fraction of sp³-hybridized carbons (Fsp3) is 0. The number of hydrogen-bond acceptors (Lipinski definition) is 9. The van der Waals surface area contributed by atoms with Gasteiger partial charge in [0.05, 0.1) is 0 Å². The number of rotatable bonds is 0. The van der Waals surface area contributed by atoms with E-state index in [1.54, 1.807) is 4.98 Å². The average molecular weight is 785 g/mol. The minimum Gasteiger partial charge on any atom is -0.324 e. The van der Waals surface area contributed by atoms with Crippen molar-refractivity contribution >= 4 is 156 Å². The normalized spacial score (nSPS) is 10.9. The second-order valence-electron chi connectivity index (χ2n) is 11.4. The van der Waals surface area contributed by atoms with Crippen molar-refractivity contribution in [3.05, 3.63) is 129 Å². The molecule has 0 spiro atoms. The fourth-order valence-electron chi connectivity index (χ4n) is 6.03. The maximum absolute atomic E-state index is 10.7. The summed E-state index contributed by atoms with van der Waals surface area (Å²) in [6.45, 7) is 0. The van der Waals surface area contributed by atoms with E-state index in [1.165, 1.54) is 0 Å². The molecule has 0 aliphatic carbocycles. The Kier molecular flexibility index (Phi) is 11.9. The molecule has 252 valence electrons. The van der Waals surface area contributed by atoms with Crippen molar-refractivity contribution in [3.8, 4) is 45.6 Å². The molecule has 10 rings (SSSR count). The number of nitrogens with one attached hydrogen (secondary N) is 3. The topological polar surface area (TPSA) is 186 Å². The third-order valence-corrected chi connectivity index (χ3v) is 8.96. The molecule has 0 saturated heterocycles. The van der Waals surface area contributed by atoms with E-state index in [0.717, 1.165) is 43.8 Å². The first-order chi connectivity index (χ1) is 24.8. The zero-order chi connectivity index (χ0) is 34.8. The first-order valence-electron chi connectivity index (χ1n) is 15.3. The van der Waals surface area contributed by atoms with Gasteiger partial charge in [-0.3, -0.25) is 4.98 Å². The van der Waals surface area contributed by atoms with Gasteiger partial charge in [0.2, 0.25) is 0 Å². The van der Waals surface area contributed by atoms with Crippen molar-refractivity contribution in [1.29, 1.82) is 0 Å². The Morgan fingerprint density at radius 1 is 0.389 bits per heavy atom. The van der Waals surface area contributed by atoms with Crippen molar-refractivity contribution in [2.75, 3.05) is 0 Å². The monoisotopic (exact) mass is 783 g/mol. The number of aromatic nitrogens is 11. The predicted molar refractivity (Wildman–Crippen MR) is 216 cm³/mol. The van der Waals surface area contributed by atoms with Crippen LogP contribution in [-0.2, 0) is 0 Å². The van der Waals surface area contributed by atoms with Crippen molar-refractivity contribution < 1.29 is 0 Å². The van der Waals surface area contributed by atoms with Crippen LogP contribution in [0.5, 0.6) is 0 Å². The van der Waals surface area contributed by atoms with Crippen LogP contribution >= 0.6 is 23.6 Å². The SMILES string of the molecule is O=c1[nH]c(=O)n(Cl)c(=O)n1Cl.[NaH].[NaH].[NaH].c1ccc2c(c1)-c1nc-2nc2[nH]c(nc3nc(nc4[nH]c(n1)c1ccccc41)-c1ccccc1-3)c1ccccc21. The number of nitrogens with zero attached hydrogens (tertiary/aromatic N) is 8. The van der Waals surface area contributed by atoms with Crippen LogP contribution in [0.3, 0.4) is 0 Å². The molecule has 19 heteroatoms. The van der Waals surface area contributed by atoms with Gasteiger partial charge >= 0.3 is 106 Å². The second-order valence-corrected chi connectivity index (χ2v) is 12.0. The van der Waals surface area contributed by atoms with Gasteiger partial charge in [0.1, 0.15) is 22.6 Å². The molecule has 0 saturated carbocycles. The van der Waals surface area contributed by atoms with Gasteiger partial charge in [0.25, 0.3) is 0 Å². The molecule has 6 heterocycles. The Morgan fingerprint density at radius 3 is 0.926 bits per heavy atom. The first kappa shape index (κ1) is 39.9. The van der Waals surface area contributed by atoms with Gasteiger partial charge < -0.3 is 9.97 Å². The summed E-state index contributed by atoms with van der Waals surface area (Å²) in [5.41, 5.74) is 3.32. The van der Waals surface area contributed by atoms with Crippen LogP contribution in [0, 0.1) is 0 Å². The summed E-state index contributed by atoms with van der Waals surface area (Å²) in [5, 5.41) is 3.82. The number of benzene rings is 4. The summed E-state index contributed by atoms with van der Waals surface area (Å²) in [5.74, 6) is 2.39. The molecule has 4 aromatic carbocycles. The van der Waals surface area contributed by atoms with E-state index < -0.39 is 17.1 Å². The molecule has 0 amide bonds. The van der Waals surface area contributed by atoms with E-state index in [0.29, 0.717) is 45.9 Å². The van der Waals surface area contributed by atoms with Gasteiger partial charge in [-0.15, -0.1) is 8.17 Å². The molecule has 0 fully saturated rings. The second kappa shape index (κ2) is 16.1. The summed E-state index contributed by atoms with van der Waals surface area (Å²) < 4.78 is 0.322. The van der Waals surface area contributed by atoms with Crippen molar-refractivity contribution in [2.24, 2.45) is 0 Å². The van der Waals surface area contributed by atoms with Crippen LogP contribution < -0.4 is 17.1 Å². The molecule has 4 aromatic heterocycles. The van der Waals surface area contributed by atoms with Gasteiger partial charge in [0.15, 0.2) is 23.3 Å². The Morgan fingerprint density at radius 2 is 0.648 bits per heavy atom. The van der Waals surface area contributed by atoms with E-state index in [1.807, 2.05) is 97.1 Å². The van der Waals surface area contributed by atoms with Gasteiger partial charge in [-0.25, -0.2) is 44.3 Å². The molecule has 3 N–H and O–H groups in total. The van der Waals surface area contributed by atoms with Gasteiger partial charge in [0, 0.05) is 67.4 Å². The number of hydrogen-bond donors (Lipinski definition) is 3. The maximum Gasteiger partial charge on any atom is 0.164 e. The van der Waals surface area contributed by atoms with Crippen LogP contribution in [0.4, 0.5) is 0 Å². The minimum atomic E-state index is -1.10. The van der Waals surface area contributed by atoms with E-state index in [4.69, 9.17) is 53.5 Å². The molecule has 0 unspecified atom stereocenters. The van der Waals surface area contributed by atoms with E-state index in [-0.39, 0.29) is 96.8 Å². The molecule has 2 aliphatic rings. The van der Waals surface area contributed by atoms with Gasteiger partial charge in [-0.2, -0.15) is 0 Å². The molecule has 14 nitrogen and oxygen atoms in total. The third kappa shape index (κ3) is 6.97. The summed E-state index contributed by atoms with van der Waals surface area (Å²) in [7, 11) is 0. The Labute approximate surface area is 379 Å². The quantitative estimate of drug-likeness (QED) is 0.193. The van der Waals surface area contributed by atoms with Crippen LogP contribution in [0.2, 0.25) is 0 Å². The Hall–Kier alpha value is -3.77. The van der Waals surface area contributed by atoms with Gasteiger partial charge in [-0.05, 0) is 0 Å². The van der Waals surface area contributed by atoms with Crippen LogP contribution in [0.15, 0.2) is 111 Å². The molecule has 8 aromatic rings. The number of aromatic amines is 3. The Balaban J connectivity index is 0.000000311. The largest absolute Gasteiger partial charge is 0.324 e. The number of H-pyrrole nitrogens is 3. The molecule has 54 heavy (non-hydrogen) atoms. The van der Waals surface area contributed by atoms with Crippen molar-refractivity contribution in [3.63, 3.8) is 0 Å². The molecule has 0 atom stereocenters.